The van der Waals surface area contributed by atoms with Gasteiger partial charge < -0.3 is 18.9 Å². The molecule has 0 spiro atoms. The maximum absolute atomic E-state index is 12.6. The van der Waals surface area contributed by atoms with Gasteiger partial charge in [0.25, 0.3) is 5.91 Å². The normalized spacial score (nSPS) is 11.0. The van der Waals surface area contributed by atoms with Gasteiger partial charge in [0.15, 0.2) is 0 Å². The van der Waals surface area contributed by atoms with Crippen LogP contribution in [0.3, 0.4) is 0 Å². The first kappa shape index (κ1) is 18.6. The average Bonchev–Trinajstić information content (AvgIpc) is 3.20. The standard InChI is InChI=1S/C24H17N3O4/c28-23(20-12-16-6-1-2-9-21(16)31-24(20)29)26-17-7-5-8-19(13-17)30-15-18-14-27-11-4-3-10-22(27)25-18/h1-14H,15H2,(H,26,28). The zero-order valence-corrected chi connectivity index (χ0v) is 16.3. The Morgan fingerprint density at radius 1 is 1.03 bits per heavy atom. The number of hydrogen-bond donors (Lipinski definition) is 1. The van der Waals surface area contributed by atoms with Crippen molar-refractivity contribution in [2.45, 2.75) is 6.61 Å². The monoisotopic (exact) mass is 411 g/mol. The van der Waals surface area contributed by atoms with Crippen LogP contribution in [0.2, 0.25) is 0 Å². The Bertz CT molecular complexity index is 1440. The molecule has 2 aromatic carbocycles. The number of hydrogen-bond acceptors (Lipinski definition) is 5. The highest BCUT2D eigenvalue weighted by molar-refractivity contribution is 6.05. The van der Waals surface area contributed by atoms with Gasteiger partial charge in [-0.25, -0.2) is 9.78 Å². The molecule has 1 amide bonds. The molecule has 152 valence electrons. The summed E-state index contributed by atoms with van der Waals surface area (Å²) in [5.74, 6) is 0.0254. The fraction of sp³-hybridized carbons (Fsp3) is 0.0417. The molecular formula is C24H17N3O4. The van der Waals surface area contributed by atoms with Gasteiger partial charge in [-0.15, -0.1) is 0 Å². The van der Waals surface area contributed by atoms with E-state index in [1.807, 2.05) is 41.1 Å². The van der Waals surface area contributed by atoms with Gasteiger partial charge in [-0.2, -0.15) is 0 Å². The number of anilines is 1. The van der Waals surface area contributed by atoms with Crippen molar-refractivity contribution < 1.29 is 13.9 Å². The van der Waals surface area contributed by atoms with E-state index in [1.54, 1.807) is 42.5 Å². The number of rotatable bonds is 5. The maximum Gasteiger partial charge on any atom is 0.349 e. The van der Waals surface area contributed by atoms with Crippen molar-refractivity contribution in [1.82, 2.24) is 9.38 Å². The molecule has 0 bridgehead atoms. The molecule has 0 radical (unpaired) electrons. The largest absolute Gasteiger partial charge is 0.487 e. The molecule has 0 atom stereocenters. The highest BCUT2D eigenvalue weighted by Crippen LogP contribution is 2.20. The lowest BCUT2D eigenvalue weighted by atomic mass is 10.1. The van der Waals surface area contributed by atoms with Crippen molar-refractivity contribution >= 4 is 28.2 Å². The molecule has 0 aliphatic carbocycles. The molecule has 5 rings (SSSR count). The highest BCUT2D eigenvalue weighted by atomic mass is 16.5. The molecule has 0 saturated carbocycles. The Morgan fingerprint density at radius 2 is 1.90 bits per heavy atom. The highest BCUT2D eigenvalue weighted by Gasteiger charge is 2.14. The van der Waals surface area contributed by atoms with E-state index in [-0.39, 0.29) is 12.2 Å². The van der Waals surface area contributed by atoms with E-state index in [1.165, 1.54) is 6.07 Å². The summed E-state index contributed by atoms with van der Waals surface area (Å²) in [6, 6.07) is 21.3. The zero-order valence-electron chi connectivity index (χ0n) is 16.3. The van der Waals surface area contributed by atoms with E-state index in [2.05, 4.69) is 10.3 Å². The minimum absolute atomic E-state index is 0.0604. The van der Waals surface area contributed by atoms with Gasteiger partial charge in [-0.1, -0.05) is 30.3 Å². The molecule has 7 heteroatoms. The molecule has 3 aromatic heterocycles. The third kappa shape index (κ3) is 3.89. The van der Waals surface area contributed by atoms with Gasteiger partial charge in [0.2, 0.25) is 0 Å². The average molecular weight is 411 g/mol. The van der Waals surface area contributed by atoms with Crippen molar-refractivity contribution in [3.05, 3.63) is 107 Å². The lowest BCUT2D eigenvalue weighted by Crippen LogP contribution is -2.20. The third-order valence-corrected chi connectivity index (χ3v) is 4.78. The summed E-state index contributed by atoms with van der Waals surface area (Å²) < 4.78 is 13.0. The minimum atomic E-state index is -0.685. The van der Waals surface area contributed by atoms with Crippen molar-refractivity contribution in [2.24, 2.45) is 0 Å². The first-order valence-corrected chi connectivity index (χ1v) is 9.65. The van der Waals surface area contributed by atoms with Crippen LogP contribution in [0.4, 0.5) is 5.69 Å². The number of benzene rings is 2. The number of nitrogens with zero attached hydrogens (tertiary/aromatic N) is 2. The predicted molar refractivity (Wildman–Crippen MR) is 116 cm³/mol. The summed E-state index contributed by atoms with van der Waals surface area (Å²) in [7, 11) is 0. The van der Waals surface area contributed by atoms with Gasteiger partial charge in [0.1, 0.15) is 29.2 Å². The predicted octanol–water partition coefficient (Wildman–Crippen LogP) is 4.27. The smallest absolute Gasteiger partial charge is 0.349 e. The van der Waals surface area contributed by atoms with Crippen LogP contribution in [0, 0.1) is 0 Å². The molecule has 0 aliphatic heterocycles. The van der Waals surface area contributed by atoms with Crippen LogP contribution in [-0.4, -0.2) is 15.3 Å². The van der Waals surface area contributed by atoms with Crippen LogP contribution in [-0.2, 0) is 6.61 Å². The fourth-order valence-electron chi connectivity index (χ4n) is 3.30. The summed E-state index contributed by atoms with van der Waals surface area (Å²) in [5.41, 5.74) is 1.83. The number of carbonyl (C=O) groups excluding carboxylic acids is 1. The summed E-state index contributed by atoms with van der Waals surface area (Å²) in [4.78, 5) is 29.3. The molecule has 3 heterocycles. The number of para-hydroxylation sites is 1. The number of aromatic nitrogens is 2. The van der Waals surface area contributed by atoms with Crippen LogP contribution < -0.4 is 15.7 Å². The topological polar surface area (TPSA) is 85.8 Å². The van der Waals surface area contributed by atoms with E-state index in [0.29, 0.717) is 22.4 Å². The SMILES string of the molecule is O=C(Nc1cccc(OCc2cn3ccccc3n2)c1)c1cc2ccccc2oc1=O. The van der Waals surface area contributed by atoms with Gasteiger partial charge in [-0.05, 0) is 36.4 Å². The van der Waals surface area contributed by atoms with Crippen LogP contribution in [0.1, 0.15) is 16.1 Å². The molecule has 0 unspecified atom stereocenters. The molecule has 7 nitrogen and oxygen atoms in total. The number of fused-ring (bicyclic) bond motifs is 2. The molecule has 0 aliphatic rings. The van der Waals surface area contributed by atoms with Crippen LogP contribution in [0.15, 0.2) is 94.4 Å². The van der Waals surface area contributed by atoms with Crippen molar-refractivity contribution in [3.63, 3.8) is 0 Å². The third-order valence-electron chi connectivity index (χ3n) is 4.78. The molecule has 1 N–H and O–H groups in total. The molecule has 5 aromatic rings. The summed E-state index contributed by atoms with van der Waals surface area (Å²) in [5, 5.41) is 3.40. The van der Waals surface area contributed by atoms with Crippen LogP contribution in [0.5, 0.6) is 5.75 Å². The first-order valence-electron chi connectivity index (χ1n) is 9.65. The lowest BCUT2D eigenvalue weighted by molar-refractivity contribution is 0.102. The second-order valence-corrected chi connectivity index (χ2v) is 6.95. The van der Waals surface area contributed by atoms with E-state index < -0.39 is 11.5 Å². The van der Waals surface area contributed by atoms with Gasteiger partial charge >= 0.3 is 5.63 Å². The first-order chi connectivity index (χ1) is 15.2. The van der Waals surface area contributed by atoms with Crippen LogP contribution >= 0.6 is 0 Å². The van der Waals surface area contributed by atoms with Gasteiger partial charge in [-0.3, -0.25) is 4.79 Å². The maximum atomic E-state index is 12.6. The number of amides is 1. The van der Waals surface area contributed by atoms with E-state index in [9.17, 15) is 9.59 Å². The van der Waals surface area contributed by atoms with Crippen molar-refractivity contribution in [3.8, 4) is 5.75 Å². The zero-order chi connectivity index (χ0) is 21.2. The number of nitrogens with one attached hydrogen (secondary N) is 1. The quantitative estimate of drug-likeness (QED) is 0.437. The summed E-state index contributed by atoms with van der Waals surface area (Å²) in [6.45, 7) is 0.285. The minimum Gasteiger partial charge on any atom is -0.487 e. The number of ether oxygens (including phenoxy) is 1. The van der Waals surface area contributed by atoms with Crippen molar-refractivity contribution in [2.75, 3.05) is 5.32 Å². The van der Waals surface area contributed by atoms with Crippen molar-refractivity contribution in [1.29, 1.82) is 0 Å². The second kappa shape index (κ2) is 7.79. The molecule has 0 fully saturated rings. The van der Waals surface area contributed by atoms with Gasteiger partial charge in [0, 0.05) is 29.5 Å². The Balaban J connectivity index is 1.31. The Morgan fingerprint density at radius 3 is 2.81 bits per heavy atom. The number of pyridine rings is 1. The second-order valence-electron chi connectivity index (χ2n) is 6.95. The Kier molecular flexibility index (Phi) is 4.68. The van der Waals surface area contributed by atoms with E-state index in [0.717, 1.165) is 11.3 Å². The van der Waals surface area contributed by atoms with Crippen LogP contribution in [0.25, 0.3) is 16.6 Å². The molecule has 31 heavy (non-hydrogen) atoms. The molecule has 0 saturated heterocycles. The van der Waals surface area contributed by atoms with E-state index >= 15 is 0 Å². The molecular weight excluding hydrogens is 394 g/mol. The fourth-order valence-corrected chi connectivity index (χ4v) is 3.30. The van der Waals surface area contributed by atoms with Gasteiger partial charge in [0.05, 0.1) is 5.69 Å². The number of carbonyl (C=O) groups is 1. The Labute approximate surface area is 176 Å². The summed E-state index contributed by atoms with van der Waals surface area (Å²) >= 11 is 0. The lowest BCUT2D eigenvalue weighted by Gasteiger charge is -2.08. The van der Waals surface area contributed by atoms with E-state index in [4.69, 9.17) is 9.15 Å². The number of imidazole rings is 1. The Hall–Kier alpha value is -4.39. The summed E-state index contributed by atoms with van der Waals surface area (Å²) in [6.07, 6.45) is 3.82.